The number of rotatable bonds is 3. The zero-order valence-electron chi connectivity index (χ0n) is 12.8. The van der Waals surface area contributed by atoms with Crippen LogP contribution in [0, 0.1) is 6.92 Å². The van der Waals surface area contributed by atoms with Gasteiger partial charge in [0, 0.05) is 31.0 Å². The SMILES string of the molecule is Cc1ncsc1CCC(=O)N1CCC[C@@]2(CCCO2)CC1. The highest BCUT2D eigenvalue weighted by atomic mass is 32.1. The molecule has 0 saturated carbocycles. The molecule has 0 N–H and O–H groups in total. The van der Waals surface area contributed by atoms with E-state index in [1.54, 1.807) is 11.3 Å². The third-order valence-electron chi connectivity index (χ3n) is 4.85. The van der Waals surface area contributed by atoms with Crippen molar-refractivity contribution in [3.8, 4) is 0 Å². The minimum atomic E-state index is 0.0866. The van der Waals surface area contributed by atoms with Crippen LogP contribution < -0.4 is 0 Å². The molecule has 0 unspecified atom stereocenters. The molecule has 116 valence electrons. The van der Waals surface area contributed by atoms with Gasteiger partial charge in [0.15, 0.2) is 0 Å². The molecule has 2 saturated heterocycles. The van der Waals surface area contributed by atoms with Crippen LogP contribution in [0.25, 0.3) is 0 Å². The summed E-state index contributed by atoms with van der Waals surface area (Å²) in [5, 5.41) is 0. The largest absolute Gasteiger partial charge is 0.375 e. The van der Waals surface area contributed by atoms with E-state index >= 15 is 0 Å². The van der Waals surface area contributed by atoms with Crippen LogP contribution in [0.3, 0.4) is 0 Å². The van der Waals surface area contributed by atoms with Crippen molar-refractivity contribution in [2.45, 2.75) is 57.5 Å². The second-order valence-corrected chi connectivity index (χ2v) is 7.17. The molecule has 4 nitrogen and oxygen atoms in total. The van der Waals surface area contributed by atoms with Gasteiger partial charge in [-0.2, -0.15) is 0 Å². The average Bonchev–Trinajstić information content (AvgIpc) is 3.03. The van der Waals surface area contributed by atoms with E-state index in [0.717, 1.165) is 51.1 Å². The minimum absolute atomic E-state index is 0.0866. The van der Waals surface area contributed by atoms with E-state index in [0.29, 0.717) is 6.42 Å². The zero-order valence-corrected chi connectivity index (χ0v) is 13.6. The van der Waals surface area contributed by atoms with Gasteiger partial charge in [0.1, 0.15) is 0 Å². The topological polar surface area (TPSA) is 42.4 Å². The molecule has 0 aliphatic carbocycles. The standard InChI is InChI=1S/C16H24N2O2S/c1-13-14(21-12-17-13)4-5-15(19)18-9-2-6-16(8-10-18)7-3-11-20-16/h12H,2-11H2,1H3/t16-/m1/s1. The quantitative estimate of drug-likeness (QED) is 0.862. The number of amides is 1. The maximum absolute atomic E-state index is 12.4. The van der Waals surface area contributed by atoms with Crippen molar-refractivity contribution < 1.29 is 9.53 Å². The summed E-state index contributed by atoms with van der Waals surface area (Å²) >= 11 is 1.66. The van der Waals surface area contributed by atoms with E-state index in [-0.39, 0.29) is 11.5 Å². The normalized spacial score (nSPS) is 26.2. The van der Waals surface area contributed by atoms with E-state index in [2.05, 4.69) is 4.98 Å². The molecule has 1 aromatic heterocycles. The predicted molar refractivity (Wildman–Crippen MR) is 83.5 cm³/mol. The van der Waals surface area contributed by atoms with Crippen molar-refractivity contribution >= 4 is 17.2 Å². The first-order valence-electron chi connectivity index (χ1n) is 7.99. The third kappa shape index (κ3) is 3.46. The molecule has 1 atom stereocenters. The summed E-state index contributed by atoms with van der Waals surface area (Å²) in [6.45, 7) is 4.67. The van der Waals surface area contributed by atoms with Crippen molar-refractivity contribution in [2.75, 3.05) is 19.7 Å². The van der Waals surface area contributed by atoms with Gasteiger partial charge in [-0.25, -0.2) is 4.98 Å². The fraction of sp³-hybridized carbons (Fsp3) is 0.750. The lowest BCUT2D eigenvalue weighted by atomic mass is 9.92. The Balaban J connectivity index is 1.52. The molecular weight excluding hydrogens is 284 g/mol. The second kappa shape index (κ2) is 6.44. The molecule has 1 amide bonds. The summed E-state index contributed by atoms with van der Waals surface area (Å²) in [7, 11) is 0. The van der Waals surface area contributed by atoms with Gasteiger partial charge in [0.2, 0.25) is 5.91 Å². The predicted octanol–water partition coefficient (Wildman–Crippen LogP) is 2.95. The summed E-state index contributed by atoms with van der Waals surface area (Å²) in [6.07, 6.45) is 6.99. The molecule has 5 heteroatoms. The summed E-state index contributed by atoms with van der Waals surface area (Å²) in [4.78, 5) is 20.0. The highest BCUT2D eigenvalue weighted by molar-refractivity contribution is 7.09. The van der Waals surface area contributed by atoms with Gasteiger partial charge in [0.05, 0.1) is 16.8 Å². The molecule has 2 aliphatic rings. The van der Waals surface area contributed by atoms with Crippen LogP contribution in [0.1, 0.15) is 49.1 Å². The average molecular weight is 308 g/mol. The maximum atomic E-state index is 12.4. The van der Waals surface area contributed by atoms with Gasteiger partial charge in [-0.05, 0) is 45.4 Å². The van der Waals surface area contributed by atoms with E-state index in [9.17, 15) is 4.79 Å². The Hall–Kier alpha value is -0.940. The maximum Gasteiger partial charge on any atom is 0.222 e. The monoisotopic (exact) mass is 308 g/mol. The molecule has 3 heterocycles. The highest BCUT2D eigenvalue weighted by Crippen LogP contribution is 2.35. The molecule has 1 spiro atoms. The number of carbonyl (C=O) groups is 1. The molecule has 2 fully saturated rings. The first-order valence-corrected chi connectivity index (χ1v) is 8.87. The number of likely N-dealkylation sites (tertiary alicyclic amines) is 1. The number of ether oxygens (including phenoxy) is 1. The number of nitrogens with zero attached hydrogens (tertiary/aromatic N) is 2. The first kappa shape index (κ1) is 15.0. The number of hydrogen-bond donors (Lipinski definition) is 0. The van der Waals surface area contributed by atoms with Crippen LogP contribution >= 0.6 is 11.3 Å². The summed E-state index contributed by atoms with van der Waals surface area (Å²) < 4.78 is 5.98. The first-order chi connectivity index (χ1) is 10.2. The lowest BCUT2D eigenvalue weighted by Crippen LogP contribution is -2.34. The van der Waals surface area contributed by atoms with E-state index < -0.39 is 0 Å². The molecule has 1 aromatic rings. The van der Waals surface area contributed by atoms with Gasteiger partial charge in [-0.3, -0.25) is 4.79 Å². The van der Waals surface area contributed by atoms with Crippen molar-refractivity contribution in [1.29, 1.82) is 0 Å². The lowest BCUT2D eigenvalue weighted by molar-refractivity contribution is -0.131. The fourth-order valence-electron chi connectivity index (χ4n) is 3.51. The fourth-order valence-corrected chi connectivity index (χ4v) is 4.29. The van der Waals surface area contributed by atoms with Crippen LogP contribution in [0.15, 0.2) is 5.51 Å². The smallest absolute Gasteiger partial charge is 0.222 e. The Morgan fingerprint density at radius 2 is 2.24 bits per heavy atom. The van der Waals surface area contributed by atoms with Crippen LogP contribution in [-0.4, -0.2) is 41.1 Å². The van der Waals surface area contributed by atoms with Crippen molar-refractivity contribution in [3.63, 3.8) is 0 Å². The summed E-state index contributed by atoms with van der Waals surface area (Å²) in [5.41, 5.74) is 3.02. The highest BCUT2D eigenvalue weighted by Gasteiger charge is 2.37. The van der Waals surface area contributed by atoms with Crippen LogP contribution in [0.2, 0.25) is 0 Å². The number of hydrogen-bond acceptors (Lipinski definition) is 4. The molecule has 3 rings (SSSR count). The molecule has 21 heavy (non-hydrogen) atoms. The molecule has 0 bridgehead atoms. The van der Waals surface area contributed by atoms with Gasteiger partial charge in [0.25, 0.3) is 0 Å². The Bertz CT molecular complexity index is 494. The van der Waals surface area contributed by atoms with Crippen LogP contribution in [0.5, 0.6) is 0 Å². The molecule has 0 aromatic carbocycles. The Labute approximate surface area is 130 Å². The van der Waals surface area contributed by atoms with E-state index in [4.69, 9.17) is 4.74 Å². The number of thiazole rings is 1. The Morgan fingerprint density at radius 3 is 2.95 bits per heavy atom. The van der Waals surface area contributed by atoms with E-state index in [1.807, 2.05) is 17.3 Å². The number of carbonyl (C=O) groups excluding carboxylic acids is 1. The van der Waals surface area contributed by atoms with Gasteiger partial charge >= 0.3 is 0 Å². The van der Waals surface area contributed by atoms with Crippen molar-refractivity contribution in [2.24, 2.45) is 0 Å². The van der Waals surface area contributed by atoms with E-state index in [1.165, 1.54) is 17.7 Å². The Morgan fingerprint density at radius 1 is 1.38 bits per heavy atom. The molecular formula is C16H24N2O2S. The minimum Gasteiger partial charge on any atom is -0.375 e. The van der Waals surface area contributed by atoms with Gasteiger partial charge < -0.3 is 9.64 Å². The van der Waals surface area contributed by atoms with Crippen LogP contribution in [-0.2, 0) is 16.0 Å². The molecule has 2 aliphatic heterocycles. The van der Waals surface area contributed by atoms with Crippen LogP contribution in [0.4, 0.5) is 0 Å². The number of aryl methyl sites for hydroxylation is 2. The summed E-state index contributed by atoms with van der Waals surface area (Å²) in [6, 6.07) is 0. The molecule has 0 radical (unpaired) electrons. The van der Waals surface area contributed by atoms with Crippen molar-refractivity contribution in [1.82, 2.24) is 9.88 Å². The Kier molecular flexibility index (Phi) is 4.60. The zero-order chi connectivity index (χ0) is 14.7. The second-order valence-electron chi connectivity index (χ2n) is 6.23. The lowest BCUT2D eigenvalue weighted by Gasteiger charge is -2.27. The summed E-state index contributed by atoms with van der Waals surface area (Å²) in [5.74, 6) is 0.290. The van der Waals surface area contributed by atoms with Crippen molar-refractivity contribution in [3.05, 3.63) is 16.1 Å². The van der Waals surface area contributed by atoms with Gasteiger partial charge in [-0.1, -0.05) is 0 Å². The number of aromatic nitrogens is 1. The van der Waals surface area contributed by atoms with Gasteiger partial charge in [-0.15, -0.1) is 11.3 Å². The third-order valence-corrected chi connectivity index (χ3v) is 5.84.